The Bertz CT molecular complexity index is 1830. The minimum absolute atomic E-state index is 0.625. The molecule has 0 N–H and O–H groups in total. The van der Waals surface area contributed by atoms with Crippen molar-refractivity contribution < 1.29 is 20.8 Å². The summed E-state index contributed by atoms with van der Waals surface area (Å²) in [6.45, 7) is 26.8. The molecule has 2 unspecified atom stereocenters. The standard InChI is InChI=1S/2C23H27.C2H6Si.2ClH.Zr/c2*1-6-17(5)20-13-19-9-8-18(7-2)23(22(19)14-20)21-11-15(3)10-16(4)12-21;1-3-2;;;/h2*8-14,17H,6-7H2,1-5H3;1-2H3;2*1H;/q2*-1;;;;+4/p-2. The Morgan fingerprint density at radius 1 is 0.558 bits per heavy atom. The molecule has 6 aromatic rings. The van der Waals surface area contributed by atoms with Gasteiger partial charge in [-0.15, -0.1) is 69.1 Å². The van der Waals surface area contributed by atoms with E-state index in [0.29, 0.717) is 11.8 Å². The first kappa shape index (κ1) is 44.2. The van der Waals surface area contributed by atoms with Crippen LogP contribution in [0.5, 0.6) is 0 Å². The fourth-order valence-electron chi connectivity index (χ4n) is 7.25. The Morgan fingerprint density at radius 3 is 1.13 bits per heavy atom. The molecule has 0 amide bonds. The Balaban J connectivity index is 0.000000244. The maximum absolute atomic E-state index is 4.93. The molecule has 2 atom stereocenters. The van der Waals surface area contributed by atoms with Crippen LogP contribution in [0.3, 0.4) is 0 Å². The molecule has 274 valence electrons. The summed E-state index contributed by atoms with van der Waals surface area (Å²) in [5, 5.41) is 5.60. The third kappa shape index (κ3) is 11.4. The number of hydrogen-bond donors (Lipinski definition) is 0. The molecule has 2 radical (unpaired) electrons. The zero-order valence-corrected chi connectivity index (χ0v) is 38.8. The summed E-state index contributed by atoms with van der Waals surface area (Å²) in [6, 6.07) is 32.7. The topological polar surface area (TPSA) is 0 Å². The second-order valence-electron chi connectivity index (χ2n) is 14.4. The summed E-state index contributed by atoms with van der Waals surface area (Å²) < 4.78 is 0. The first-order valence-corrected chi connectivity index (χ1v) is 27.4. The molecule has 52 heavy (non-hydrogen) atoms. The van der Waals surface area contributed by atoms with Gasteiger partial charge in [-0.3, -0.25) is 0 Å². The molecule has 6 rings (SSSR count). The average molecular weight is 827 g/mol. The van der Waals surface area contributed by atoms with Gasteiger partial charge in [-0.05, 0) is 63.5 Å². The van der Waals surface area contributed by atoms with Gasteiger partial charge in [-0.25, -0.2) is 0 Å². The molecule has 0 spiro atoms. The van der Waals surface area contributed by atoms with Gasteiger partial charge in [0.05, 0.1) is 0 Å². The van der Waals surface area contributed by atoms with E-state index in [9.17, 15) is 0 Å². The molecule has 4 heteroatoms. The Morgan fingerprint density at radius 2 is 0.865 bits per heavy atom. The van der Waals surface area contributed by atoms with Gasteiger partial charge >= 0.3 is 37.9 Å². The molecule has 0 heterocycles. The quantitative estimate of drug-likeness (QED) is 0.106. The summed E-state index contributed by atoms with van der Waals surface area (Å²) in [4.78, 5) is 0. The second kappa shape index (κ2) is 21.6. The molecule has 0 fully saturated rings. The van der Waals surface area contributed by atoms with E-state index in [1.54, 1.807) is 0 Å². The number of hydrogen-bond acceptors (Lipinski definition) is 0. The summed E-state index contributed by atoms with van der Waals surface area (Å²) in [7, 11) is 11.0. The molecule has 0 aromatic heterocycles. The molecule has 0 saturated heterocycles. The maximum atomic E-state index is 4.93. The van der Waals surface area contributed by atoms with Gasteiger partial charge in [0.15, 0.2) is 0 Å². The summed E-state index contributed by atoms with van der Waals surface area (Å²) in [5.74, 6) is 1.25. The van der Waals surface area contributed by atoms with Crippen molar-refractivity contribution in [3.8, 4) is 22.3 Å². The monoisotopic (exact) mass is 824 g/mol. The van der Waals surface area contributed by atoms with E-state index in [1.807, 2.05) is 0 Å². The molecule has 0 aliphatic carbocycles. The van der Waals surface area contributed by atoms with Crippen molar-refractivity contribution in [1.29, 1.82) is 0 Å². The number of halogens is 2. The van der Waals surface area contributed by atoms with Gasteiger partial charge in [-0.1, -0.05) is 148 Å². The zero-order valence-electron chi connectivity index (χ0n) is 33.8. The third-order valence-corrected chi connectivity index (χ3v) is 10.1. The SMILES string of the molecule is CCc1ccc2[cH-]c(C(C)CC)cc2c1-c1cc(C)cc(C)c1.CCc1ccc2[cH-]c(C(C)CC)cc2c1-c1cc(C)cc(C)c1.C[Si]C.[Cl][Zr+2][Cl]. The predicted molar refractivity (Wildman–Crippen MR) is 234 cm³/mol. The molecule has 0 nitrogen and oxygen atoms in total. The van der Waals surface area contributed by atoms with Crippen molar-refractivity contribution in [3.05, 3.63) is 129 Å². The van der Waals surface area contributed by atoms with Crippen LogP contribution in [0.1, 0.15) is 111 Å². The minimum atomic E-state index is -0.826. The first-order valence-electron chi connectivity index (χ1n) is 19.1. The van der Waals surface area contributed by atoms with Crippen molar-refractivity contribution in [2.45, 2.75) is 120 Å². The van der Waals surface area contributed by atoms with Crippen molar-refractivity contribution in [2.24, 2.45) is 0 Å². The zero-order chi connectivity index (χ0) is 38.5. The molecule has 6 aromatic carbocycles. The summed E-state index contributed by atoms with van der Waals surface area (Å²) in [6.07, 6.45) is 4.52. The van der Waals surface area contributed by atoms with Crippen LogP contribution >= 0.6 is 17.0 Å². The predicted octanol–water partition coefficient (Wildman–Crippen LogP) is 16.0. The Kier molecular flexibility index (Phi) is 18.4. The number of fused-ring (bicyclic) bond motifs is 2. The number of rotatable bonds is 8. The van der Waals surface area contributed by atoms with Crippen LogP contribution in [0.25, 0.3) is 43.8 Å². The summed E-state index contributed by atoms with van der Waals surface area (Å²) in [5.41, 5.74) is 16.8. The van der Waals surface area contributed by atoms with Crippen molar-refractivity contribution in [2.75, 3.05) is 0 Å². The van der Waals surface area contributed by atoms with Crippen LogP contribution in [0.4, 0.5) is 0 Å². The van der Waals surface area contributed by atoms with Crippen LogP contribution < -0.4 is 0 Å². The molecule has 0 aliphatic heterocycles. The molecule has 0 saturated carbocycles. The van der Waals surface area contributed by atoms with E-state index in [0.717, 1.165) is 22.4 Å². The molecular formula is C48H60Cl2SiZr. The van der Waals surface area contributed by atoms with Gasteiger partial charge in [0.2, 0.25) is 0 Å². The molecule has 0 aliphatic rings. The van der Waals surface area contributed by atoms with Crippen LogP contribution in [0, 0.1) is 27.7 Å². The number of benzene rings is 4. The first-order chi connectivity index (χ1) is 24.9. The van der Waals surface area contributed by atoms with Crippen LogP contribution in [0.15, 0.2) is 84.9 Å². The third-order valence-electron chi connectivity index (χ3n) is 10.1. The van der Waals surface area contributed by atoms with Crippen LogP contribution in [-0.2, 0) is 33.7 Å². The van der Waals surface area contributed by atoms with E-state index in [1.165, 1.54) is 101 Å². The fraction of sp³-hybridized carbons (Fsp3) is 0.375. The van der Waals surface area contributed by atoms with Gasteiger partial charge in [-0.2, -0.15) is 12.1 Å². The average Bonchev–Trinajstić information content (AvgIpc) is 3.75. The van der Waals surface area contributed by atoms with E-state index >= 15 is 0 Å². The van der Waals surface area contributed by atoms with Gasteiger partial charge in [0, 0.05) is 9.52 Å². The van der Waals surface area contributed by atoms with Crippen LogP contribution in [-0.4, -0.2) is 9.52 Å². The molecule has 0 bridgehead atoms. The Labute approximate surface area is 338 Å². The number of aryl methyl sites for hydroxylation is 6. The van der Waals surface area contributed by atoms with Crippen molar-refractivity contribution in [3.63, 3.8) is 0 Å². The van der Waals surface area contributed by atoms with Crippen molar-refractivity contribution >= 4 is 48.1 Å². The van der Waals surface area contributed by atoms with E-state index < -0.39 is 20.8 Å². The van der Waals surface area contributed by atoms with E-state index in [-0.39, 0.29) is 0 Å². The van der Waals surface area contributed by atoms with Gasteiger partial charge < -0.3 is 0 Å². The van der Waals surface area contributed by atoms with E-state index in [2.05, 4.69) is 167 Å². The second-order valence-corrected chi connectivity index (χ2v) is 19.2. The van der Waals surface area contributed by atoms with E-state index in [4.69, 9.17) is 17.0 Å². The van der Waals surface area contributed by atoms with Gasteiger partial charge in [0.25, 0.3) is 0 Å². The summed E-state index contributed by atoms with van der Waals surface area (Å²) >= 11 is -0.826. The van der Waals surface area contributed by atoms with Crippen LogP contribution in [0.2, 0.25) is 13.1 Å². The van der Waals surface area contributed by atoms with Gasteiger partial charge in [0.1, 0.15) is 0 Å². The Hall–Kier alpha value is -2.22. The fourth-order valence-corrected chi connectivity index (χ4v) is 7.25. The van der Waals surface area contributed by atoms with Crippen molar-refractivity contribution in [1.82, 2.24) is 0 Å². The normalized spacial score (nSPS) is 11.8. The molecular weight excluding hydrogens is 767 g/mol.